The summed E-state index contributed by atoms with van der Waals surface area (Å²) >= 11 is 15.7. The van der Waals surface area contributed by atoms with Gasteiger partial charge in [-0.25, -0.2) is 0 Å². The van der Waals surface area contributed by atoms with Gasteiger partial charge in [0.05, 0.1) is 27.0 Å². The first kappa shape index (κ1) is 26.7. The molecule has 1 amide bonds. The summed E-state index contributed by atoms with van der Waals surface area (Å²) < 4.78 is 12.6. The molecule has 3 aromatic carbocycles. The molecule has 198 valence electrons. The maximum absolute atomic E-state index is 13.4. The summed E-state index contributed by atoms with van der Waals surface area (Å²) in [5, 5.41) is 16.4. The van der Waals surface area contributed by atoms with Gasteiger partial charge in [0, 0.05) is 22.7 Å². The van der Waals surface area contributed by atoms with E-state index in [0.717, 1.165) is 5.56 Å². The van der Waals surface area contributed by atoms with Crippen LogP contribution in [0.5, 0.6) is 11.5 Å². The van der Waals surface area contributed by atoms with E-state index in [-0.39, 0.29) is 11.5 Å². The number of likely N-dealkylation sites (tertiary alicyclic amines) is 1. The lowest BCUT2D eigenvalue weighted by molar-refractivity contribution is -0.534. The summed E-state index contributed by atoms with van der Waals surface area (Å²) in [5.41, 5.74) is 1.27. The predicted octanol–water partition coefficient (Wildman–Crippen LogP) is 6.26. The van der Waals surface area contributed by atoms with E-state index in [9.17, 15) is 14.9 Å². The first-order valence-electron chi connectivity index (χ1n) is 12.0. The summed E-state index contributed by atoms with van der Waals surface area (Å²) in [6.45, 7) is 2.72. The van der Waals surface area contributed by atoms with Gasteiger partial charge in [-0.15, -0.1) is 0 Å². The lowest BCUT2D eigenvalue weighted by Gasteiger charge is -2.30. The molecule has 5 rings (SSSR count). The molecule has 0 bridgehead atoms. The van der Waals surface area contributed by atoms with Crippen molar-refractivity contribution >= 4 is 50.7 Å². The van der Waals surface area contributed by atoms with E-state index in [0.29, 0.717) is 56.0 Å². The molecule has 0 radical (unpaired) electrons. The Kier molecular flexibility index (Phi) is 7.30. The number of ether oxygens (including phenoxy) is 2. The number of rotatable bonds is 7. The monoisotopic (exact) mass is 619 g/mol. The minimum atomic E-state index is -1.42. The van der Waals surface area contributed by atoms with Gasteiger partial charge >= 0.3 is 0 Å². The molecular formula is C27H24BrCl2N3O5. The molecule has 1 fully saturated rings. The van der Waals surface area contributed by atoms with Crippen LogP contribution in [-0.2, 0) is 16.9 Å². The second kappa shape index (κ2) is 10.4. The number of carbonyl (C=O) groups is 1. The van der Waals surface area contributed by atoms with Gasteiger partial charge in [-0.05, 0) is 71.4 Å². The normalized spacial score (nSPS) is 22.4. The molecule has 2 aliphatic heterocycles. The van der Waals surface area contributed by atoms with Crippen LogP contribution in [0.4, 0.5) is 5.69 Å². The Balaban J connectivity index is 1.53. The number of halogens is 3. The molecule has 1 N–H and O–H groups in total. The highest BCUT2D eigenvalue weighted by Crippen LogP contribution is 2.53. The minimum Gasteiger partial charge on any atom is -0.490 e. The van der Waals surface area contributed by atoms with Crippen molar-refractivity contribution < 1.29 is 19.2 Å². The highest BCUT2D eigenvalue weighted by atomic mass is 79.9. The van der Waals surface area contributed by atoms with Crippen LogP contribution in [0.2, 0.25) is 10.0 Å². The van der Waals surface area contributed by atoms with Gasteiger partial charge in [-0.3, -0.25) is 19.8 Å². The number of anilines is 1. The molecule has 1 spiro atoms. The zero-order chi connectivity index (χ0) is 27.2. The quantitative estimate of drug-likeness (QED) is 0.248. The van der Waals surface area contributed by atoms with Crippen LogP contribution in [0.25, 0.3) is 0 Å². The maximum atomic E-state index is 13.4. The topological polar surface area (TPSA) is 93.9 Å². The van der Waals surface area contributed by atoms with E-state index in [1.807, 2.05) is 13.0 Å². The largest absolute Gasteiger partial charge is 0.490 e. The summed E-state index contributed by atoms with van der Waals surface area (Å²) in [6.07, 6.45) is 0. The molecule has 2 aliphatic rings. The number of carbonyl (C=O) groups excluding carboxylic acids is 1. The number of nitrogens with one attached hydrogen (secondary N) is 1. The molecule has 2 heterocycles. The van der Waals surface area contributed by atoms with Crippen molar-refractivity contribution in [3.05, 3.63) is 95.9 Å². The SMILES string of the molecule is CCOc1cc([C@@H]2CN(C)[C@]3(C(=O)Nc4ccccc43)[C@@H]2[N+](=O)[O-])cc(Br)c1OCc1ccc(Cl)c(Cl)c1. The number of amides is 1. The van der Waals surface area contributed by atoms with Gasteiger partial charge in [0.25, 0.3) is 11.9 Å². The highest BCUT2D eigenvalue weighted by Gasteiger charge is 2.68. The number of benzene rings is 3. The molecule has 8 nitrogen and oxygen atoms in total. The van der Waals surface area contributed by atoms with E-state index in [2.05, 4.69) is 21.2 Å². The average Bonchev–Trinajstić information content (AvgIpc) is 3.35. The zero-order valence-electron chi connectivity index (χ0n) is 20.5. The third-order valence-electron chi connectivity index (χ3n) is 7.17. The smallest absolute Gasteiger partial charge is 0.256 e. The first-order chi connectivity index (χ1) is 18.2. The molecule has 0 unspecified atom stereocenters. The second-order valence-electron chi connectivity index (χ2n) is 9.28. The average molecular weight is 621 g/mol. The van der Waals surface area contributed by atoms with E-state index in [1.165, 1.54) is 0 Å². The number of nitrogens with zero attached hydrogens (tertiary/aromatic N) is 2. The van der Waals surface area contributed by atoms with Crippen molar-refractivity contribution in [2.24, 2.45) is 0 Å². The molecular weight excluding hydrogens is 597 g/mol. The maximum Gasteiger partial charge on any atom is 0.256 e. The number of para-hydroxylation sites is 1. The number of hydrogen-bond acceptors (Lipinski definition) is 6. The van der Waals surface area contributed by atoms with Gasteiger partial charge in [-0.1, -0.05) is 47.5 Å². The van der Waals surface area contributed by atoms with Crippen molar-refractivity contribution in [2.75, 3.05) is 25.5 Å². The summed E-state index contributed by atoms with van der Waals surface area (Å²) in [6, 6.07) is 14.7. The Morgan fingerprint density at radius 2 is 1.92 bits per heavy atom. The summed E-state index contributed by atoms with van der Waals surface area (Å²) in [4.78, 5) is 27.5. The fourth-order valence-corrected chi connectivity index (χ4v) is 6.46. The molecule has 1 saturated heterocycles. The van der Waals surface area contributed by atoms with Crippen molar-refractivity contribution in [1.29, 1.82) is 0 Å². The second-order valence-corrected chi connectivity index (χ2v) is 11.0. The molecule has 0 saturated carbocycles. The summed E-state index contributed by atoms with van der Waals surface area (Å²) in [7, 11) is 1.76. The van der Waals surface area contributed by atoms with E-state index < -0.39 is 23.4 Å². The Morgan fingerprint density at radius 3 is 2.63 bits per heavy atom. The lowest BCUT2D eigenvalue weighted by Crippen LogP contribution is -2.54. The number of hydrogen-bond donors (Lipinski definition) is 1. The first-order valence-corrected chi connectivity index (χ1v) is 13.5. The van der Waals surface area contributed by atoms with Crippen molar-refractivity contribution in [1.82, 2.24) is 4.90 Å². The molecule has 3 aromatic rings. The number of nitro groups is 1. The zero-order valence-corrected chi connectivity index (χ0v) is 23.6. The van der Waals surface area contributed by atoms with Gasteiger partial charge in [0.1, 0.15) is 6.61 Å². The van der Waals surface area contributed by atoms with Crippen LogP contribution in [0.3, 0.4) is 0 Å². The van der Waals surface area contributed by atoms with Crippen LogP contribution in [-0.4, -0.2) is 42.0 Å². The van der Waals surface area contributed by atoms with Crippen LogP contribution in [0.15, 0.2) is 59.1 Å². The van der Waals surface area contributed by atoms with Crippen LogP contribution >= 0.6 is 39.1 Å². The predicted molar refractivity (Wildman–Crippen MR) is 149 cm³/mol. The Bertz CT molecular complexity index is 1440. The minimum absolute atomic E-state index is 0.207. The Morgan fingerprint density at radius 1 is 1.16 bits per heavy atom. The Hall–Kier alpha value is -2.85. The lowest BCUT2D eigenvalue weighted by atomic mass is 9.79. The molecule has 0 aliphatic carbocycles. The van der Waals surface area contributed by atoms with E-state index >= 15 is 0 Å². The van der Waals surface area contributed by atoms with Crippen LogP contribution in [0, 0.1) is 10.1 Å². The standard InChI is InChI=1S/C27H24BrCl2N3O5/c1-3-37-23-12-16(11-19(28)24(23)38-14-15-8-9-20(29)21(30)10-15)17-13-32(2)27(25(17)33(35)36)18-6-4-5-7-22(18)31-26(27)34/h4-12,17,25H,3,13-14H2,1-2H3,(H,31,34)/t17-,25+,27-/m0/s1. The van der Waals surface area contributed by atoms with Gasteiger partial charge in [-0.2, -0.15) is 0 Å². The van der Waals surface area contributed by atoms with Crippen molar-refractivity contribution in [3.63, 3.8) is 0 Å². The van der Waals surface area contributed by atoms with Crippen molar-refractivity contribution in [2.45, 2.75) is 31.0 Å². The number of fused-ring (bicyclic) bond motifs is 2. The van der Waals surface area contributed by atoms with Gasteiger partial charge < -0.3 is 14.8 Å². The van der Waals surface area contributed by atoms with E-state index in [1.54, 1.807) is 60.5 Å². The van der Waals surface area contributed by atoms with Crippen LogP contribution < -0.4 is 14.8 Å². The molecule has 11 heteroatoms. The van der Waals surface area contributed by atoms with E-state index in [4.69, 9.17) is 32.7 Å². The molecule has 38 heavy (non-hydrogen) atoms. The molecule has 3 atom stereocenters. The van der Waals surface area contributed by atoms with Gasteiger partial charge in [0.15, 0.2) is 17.0 Å². The summed E-state index contributed by atoms with van der Waals surface area (Å²) in [5.74, 6) is -0.0779. The highest BCUT2D eigenvalue weighted by molar-refractivity contribution is 9.10. The fourth-order valence-electron chi connectivity index (χ4n) is 5.57. The van der Waals surface area contributed by atoms with Crippen molar-refractivity contribution in [3.8, 4) is 11.5 Å². The third-order valence-corrected chi connectivity index (χ3v) is 8.50. The number of likely N-dealkylation sites (N-methyl/N-ethyl adjacent to an activating group) is 1. The fraction of sp³-hybridized carbons (Fsp3) is 0.296. The van der Waals surface area contributed by atoms with Gasteiger partial charge in [0.2, 0.25) is 0 Å². The molecule has 0 aromatic heterocycles. The Labute approximate surface area is 238 Å². The van der Waals surface area contributed by atoms with Crippen LogP contribution in [0.1, 0.15) is 29.5 Å². The third kappa shape index (κ3) is 4.31.